The van der Waals surface area contributed by atoms with E-state index < -0.39 is 5.82 Å². The van der Waals surface area contributed by atoms with Crippen molar-refractivity contribution < 1.29 is 9.18 Å². The lowest BCUT2D eigenvalue weighted by Crippen LogP contribution is -2.52. The van der Waals surface area contributed by atoms with E-state index in [1.807, 2.05) is 0 Å². The molecule has 104 valence electrons. The van der Waals surface area contributed by atoms with Crippen LogP contribution in [0.3, 0.4) is 0 Å². The molecule has 1 fully saturated rings. The molecule has 0 bridgehead atoms. The minimum atomic E-state index is -0.476. The molecule has 0 saturated carbocycles. The second-order valence-corrected chi connectivity index (χ2v) is 5.79. The van der Waals surface area contributed by atoms with Crippen molar-refractivity contribution in [2.45, 2.75) is 32.7 Å². The van der Waals surface area contributed by atoms with Crippen LogP contribution < -0.4 is 10.6 Å². The first-order valence-electron chi connectivity index (χ1n) is 6.77. The maximum absolute atomic E-state index is 13.5. The second-order valence-electron chi connectivity index (χ2n) is 5.79. The van der Waals surface area contributed by atoms with Gasteiger partial charge in [-0.15, -0.1) is 0 Å². The normalized spacial score (nSPS) is 21.9. The maximum Gasteiger partial charge on any atom is 0.254 e. The zero-order valence-electron chi connectivity index (χ0n) is 11.5. The Morgan fingerprint density at radius 2 is 2.21 bits per heavy atom. The first-order valence-corrected chi connectivity index (χ1v) is 6.77. The van der Waals surface area contributed by atoms with Gasteiger partial charge in [-0.05, 0) is 36.9 Å². The quantitative estimate of drug-likeness (QED) is 0.879. The van der Waals surface area contributed by atoms with Crippen LogP contribution in [-0.4, -0.2) is 25.0 Å². The molecule has 1 aromatic rings. The number of hydrogen-bond acceptors (Lipinski definition) is 2. The van der Waals surface area contributed by atoms with Crippen molar-refractivity contribution in [1.29, 1.82) is 0 Å². The highest BCUT2D eigenvalue weighted by molar-refractivity contribution is 5.94. The van der Waals surface area contributed by atoms with Crippen LogP contribution in [0, 0.1) is 11.2 Å². The highest BCUT2D eigenvalue weighted by atomic mass is 19.1. The van der Waals surface area contributed by atoms with E-state index in [0.717, 1.165) is 19.4 Å². The molecule has 1 aliphatic heterocycles. The zero-order chi connectivity index (χ0) is 13.9. The van der Waals surface area contributed by atoms with E-state index >= 15 is 0 Å². The number of carbonyl (C=O) groups excluding carboxylic acids is 1. The van der Waals surface area contributed by atoms with Crippen molar-refractivity contribution in [3.63, 3.8) is 0 Å². The van der Waals surface area contributed by atoms with Gasteiger partial charge >= 0.3 is 0 Å². The Kier molecular flexibility index (Phi) is 4.20. The van der Waals surface area contributed by atoms with Gasteiger partial charge < -0.3 is 10.6 Å². The standard InChI is InChI=1S/C15H21FN2O/c1-15(2)8-5-9-17-13(15)10-18-14(19)11-6-3-4-7-12(11)16/h3-4,6-7,13,17H,5,8-10H2,1-2H3,(H,18,19). The first kappa shape index (κ1) is 14.0. The monoisotopic (exact) mass is 264 g/mol. The largest absolute Gasteiger partial charge is 0.350 e. The van der Waals surface area contributed by atoms with Crippen LogP contribution in [0.2, 0.25) is 0 Å². The van der Waals surface area contributed by atoms with Crippen LogP contribution in [0.4, 0.5) is 4.39 Å². The van der Waals surface area contributed by atoms with E-state index in [4.69, 9.17) is 0 Å². The Hall–Kier alpha value is -1.42. The lowest BCUT2D eigenvalue weighted by Gasteiger charge is -2.39. The smallest absolute Gasteiger partial charge is 0.254 e. The molecule has 0 spiro atoms. The fourth-order valence-electron chi connectivity index (χ4n) is 2.55. The third-order valence-corrected chi connectivity index (χ3v) is 3.92. The Morgan fingerprint density at radius 3 is 2.89 bits per heavy atom. The van der Waals surface area contributed by atoms with Crippen molar-refractivity contribution >= 4 is 5.91 Å². The van der Waals surface area contributed by atoms with Crippen LogP contribution in [0.1, 0.15) is 37.0 Å². The van der Waals surface area contributed by atoms with E-state index in [-0.39, 0.29) is 22.9 Å². The summed E-state index contributed by atoms with van der Waals surface area (Å²) in [5.41, 5.74) is 0.261. The van der Waals surface area contributed by atoms with E-state index in [2.05, 4.69) is 24.5 Å². The summed E-state index contributed by atoms with van der Waals surface area (Å²) >= 11 is 0. The number of benzene rings is 1. The minimum Gasteiger partial charge on any atom is -0.350 e. The molecule has 1 amide bonds. The van der Waals surface area contributed by atoms with Crippen LogP contribution in [0.15, 0.2) is 24.3 Å². The molecule has 0 radical (unpaired) electrons. The highest BCUT2D eigenvalue weighted by Gasteiger charge is 2.32. The SMILES string of the molecule is CC1(C)CCCNC1CNC(=O)c1ccccc1F. The number of hydrogen-bond donors (Lipinski definition) is 2. The Balaban J connectivity index is 1.95. The molecule has 0 aromatic heterocycles. The van der Waals surface area contributed by atoms with Crippen LogP contribution in [0.25, 0.3) is 0 Å². The molecule has 4 heteroatoms. The van der Waals surface area contributed by atoms with Gasteiger partial charge in [-0.3, -0.25) is 4.79 Å². The minimum absolute atomic E-state index is 0.108. The van der Waals surface area contributed by atoms with Crippen molar-refractivity contribution in [3.8, 4) is 0 Å². The predicted octanol–water partition coefficient (Wildman–Crippen LogP) is 2.33. The summed E-state index contributed by atoms with van der Waals surface area (Å²) in [5.74, 6) is -0.822. The van der Waals surface area contributed by atoms with Crippen molar-refractivity contribution in [2.75, 3.05) is 13.1 Å². The molecular formula is C15H21FN2O. The van der Waals surface area contributed by atoms with Crippen LogP contribution in [0.5, 0.6) is 0 Å². The van der Waals surface area contributed by atoms with E-state index in [1.54, 1.807) is 12.1 Å². The summed E-state index contributed by atoms with van der Waals surface area (Å²) in [7, 11) is 0. The lowest BCUT2D eigenvalue weighted by atomic mass is 9.77. The number of halogens is 1. The van der Waals surface area contributed by atoms with Gasteiger partial charge in [0.2, 0.25) is 0 Å². The van der Waals surface area contributed by atoms with E-state index in [9.17, 15) is 9.18 Å². The van der Waals surface area contributed by atoms with Gasteiger partial charge in [-0.2, -0.15) is 0 Å². The third kappa shape index (κ3) is 3.32. The van der Waals surface area contributed by atoms with Gasteiger partial charge in [0, 0.05) is 12.6 Å². The molecule has 1 heterocycles. The Morgan fingerprint density at radius 1 is 1.47 bits per heavy atom. The molecule has 0 aliphatic carbocycles. The van der Waals surface area contributed by atoms with E-state index in [0.29, 0.717) is 6.54 Å². The van der Waals surface area contributed by atoms with E-state index in [1.165, 1.54) is 12.1 Å². The van der Waals surface area contributed by atoms with Gasteiger partial charge in [0.25, 0.3) is 5.91 Å². The second kappa shape index (κ2) is 5.70. The molecule has 1 saturated heterocycles. The summed E-state index contributed by atoms with van der Waals surface area (Å²) < 4.78 is 13.5. The Bertz CT molecular complexity index is 459. The molecule has 3 nitrogen and oxygen atoms in total. The summed E-state index contributed by atoms with van der Waals surface area (Å²) in [6, 6.07) is 6.29. The summed E-state index contributed by atoms with van der Waals surface area (Å²) in [5, 5.41) is 6.25. The molecule has 1 aliphatic rings. The molecule has 1 aromatic carbocycles. The Labute approximate surface area is 113 Å². The molecule has 2 N–H and O–H groups in total. The number of amides is 1. The number of piperidine rings is 1. The van der Waals surface area contributed by atoms with Crippen molar-refractivity contribution in [3.05, 3.63) is 35.6 Å². The van der Waals surface area contributed by atoms with Gasteiger partial charge in [0.1, 0.15) is 5.82 Å². The van der Waals surface area contributed by atoms with Gasteiger partial charge in [-0.1, -0.05) is 26.0 Å². The molecular weight excluding hydrogens is 243 g/mol. The summed E-state index contributed by atoms with van der Waals surface area (Å²) in [6.07, 6.45) is 2.30. The molecule has 1 atom stereocenters. The number of rotatable bonds is 3. The highest BCUT2D eigenvalue weighted by Crippen LogP contribution is 2.29. The third-order valence-electron chi connectivity index (χ3n) is 3.92. The first-order chi connectivity index (χ1) is 9.00. The predicted molar refractivity (Wildman–Crippen MR) is 73.5 cm³/mol. The lowest BCUT2D eigenvalue weighted by molar-refractivity contribution is 0.0925. The molecule has 1 unspecified atom stereocenters. The number of carbonyl (C=O) groups is 1. The summed E-state index contributed by atoms with van der Waals surface area (Å²) in [4.78, 5) is 11.9. The fourth-order valence-corrected chi connectivity index (χ4v) is 2.55. The maximum atomic E-state index is 13.5. The van der Waals surface area contributed by atoms with Crippen molar-refractivity contribution in [1.82, 2.24) is 10.6 Å². The topological polar surface area (TPSA) is 41.1 Å². The summed E-state index contributed by atoms with van der Waals surface area (Å²) in [6.45, 7) is 5.89. The average Bonchev–Trinajstić information content (AvgIpc) is 2.37. The van der Waals surface area contributed by atoms with Crippen LogP contribution >= 0.6 is 0 Å². The van der Waals surface area contributed by atoms with Gasteiger partial charge in [-0.25, -0.2) is 4.39 Å². The average molecular weight is 264 g/mol. The fraction of sp³-hybridized carbons (Fsp3) is 0.533. The van der Waals surface area contributed by atoms with Crippen molar-refractivity contribution in [2.24, 2.45) is 5.41 Å². The molecule has 19 heavy (non-hydrogen) atoms. The molecule has 2 rings (SSSR count). The van der Waals surface area contributed by atoms with Gasteiger partial charge in [0.05, 0.1) is 5.56 Å². The zero-order valence-corrected chi connectivity index (χ0v) is 11.5. The number of nitrogens with one attached hydrogen (secondary N) is 2. The van der Waals surface area contributed by atoms with Crippen LogP contribution in [-0.2, 0) is 0 Å². The van der Waals surface area contributed by atoms with Gasteiger partial charge in [0.15, 0.2) is 0 Å².